The van der Waals surface area contributed by atoms with Crippen LogP contribution in [0.4, 0.5) is 0 Å². The number of benzene rings is 2. The Labute approximate surface area is 203 Å². The summed E-state index contributed by atoms with van der Waals surface area (Å²) in [4.78, 5) is 18.7. The minimum Gasteiger partial charge on any atom is -0.357 e. The number of aliphatic imine (C=N–C) groups is 1. The van der Waals surface area contributed by atoms with Crippen molar-refractivity contribution in [3.63, 3.8) is 0 Å². The van der Waals surface area contributed by atoms with Gasteiger partial charge in [-0.2, -0.15) is 0 Å². The smallest absolute Gasteiger partial charge is 0.253 e. The highest BCUT2D eigenvalue weighted by Crippen LogP contribution is 2.49. The second-order valence-electron chi connectivity index (χ2n) is 8.37. The maximum atomic E-state index is 12.2. The van der Waals surface area contributed by atoms with Gasteiger partial charge in [0.05, 0.1) is 6.54 Å². The molecular weight excluding hydrogens is 499 g/mol. The van der Waals surface area contributed by atoms with Crippen LogP contribution in [0.2, 0.25) is 0 Å². The van der Waals surface area contributed by atoms with Gasteiger partial charge in [-0.25, -0.2) is 0 Å². The van der Waals surface area contributed by atoms with Crippen molar-refractivity contribution in [2.75, 3.05) is 33.7 Å². The lowest BCUT2D eigenvalue weighted by molar-refractivity contribution is 0.0827. The molecule has 0 spiro atoms. The Morgan fingerprint density at radius 3 is 2.48 bits per heavy atom. The summed E-state index contributed by atoms with van der Waals surface area (Å²) in [6.45, 7) is 6.68. The molecular formula is C25H35IN4O. The van der Waals surface area contributed by atoms with Gasteiger partial charge in [-0.3, -0.25) is 9.79 Å². The van der Waals surface area contributed by atoms with E-state index in [1.807, 2.05) is 18.2 Å². The summed E-state index contributed by atoms with van der Waals surface area (Å²) in [6.07, 6.45) is 3.24. The summed E-state index contributed by atoms with van der Waals surface area (Å²) < 4.78 is 0. The third kappa shape index (κ3) is 6.69. The third-order valence-corrected chi connectivity index (χ3v) is 5.74. The number of carbonyl (C=O) groups excluding carboxylic acids is 1. The van der Waals surface area contributed by atoms with Gasteiger partial charge in [0.2, 0.25) is 0 Å². The van der Waals surface area contributed by atoms with Crippen LogP contribution in [0.5, 0.6) is 0 Å². The highest BCUT2D eigenvalue weighted by molar-refractivity contribution is 14.0. The molecule has 0 atom stereocenters. The van der Waals surface area contributed by atoms with E-state index in [0.717, 1.165) is 43.1 Å². The molecule has 1 saturated carbocycles. The van der Waals surface area contributed by atoms with Crippen molar-refractivity contribution >= 4 is 35.8 Å². The quantitative estimate of drug-likeness (QED) is 0.304. The monoisotopic (exact) mass is 534 g/mol. The fraction of sp³-hybridized carbons (Fsp3) is 0.440. The van der Waals surface area contributed by atoms with E-state index in [1.54, 1.807) is 19.0 Å². The number of nitrogens with one attached hydrogen (secondary N) is 2. The van der Waals surface area contributed by atoms with E-state index in [9.17, 15) is 4.79 Å². The molecule has 0 heterocycles. The maximum absolute atomic E-state index is 12.2. The Balaban J connectivity index is 0.00000341. The lowest BCUT2D eigenvalue weighted by Crippen LogP contribution is -2.39. The predicted octanol–water partition coefficient (Wildman–Crippen LogP) is 4.14. The van der Waals surface area contributed by atoms with Crippen LogP contribution in [-0.4, -0.2) is 50.5 Å². The first-order chi connectivity index (χ1) is 14.4. The predicted molar refractivity (Wildman–Crippen MR) is 140 cm³/mol. The first-order valence-corrected chi connectivity index (χ1v) is 10.8. The van der Waals surface area contributed by atoms with Crippen LogP contribution in [-0.2, 0) is 11.8 Å². The van der Waals surface area contributed by atoms with Crippen molar-refractivity contribution in [2.45, 2.75) is 38.5 Å². The number of guanidine groups is 1. The lowest BCUT2D eigenvalue weighted by Gasteiger charge is -2.18. The fourth-order valence-electron chi connectivity index (χ4n) is 3.85. The summed E-state index contributed by atoms with van der Waals surface area (Å²) >= 11 is 0. The number of amides is 1. The standard InChI is InChI=1S/C25H34N4O.HI/c1-5-26-24(28-18-25(14-15-25)22-12-7-6-9-19(22)2)27-16-13-20-10-8-11-21(17-20)23(30)29(3)4;/h6-12,17H,5,13-16,18H2,1-4H3,(H2,26,27,28);1H. The van der Waals surface area contributed by atoms with Crippen molar-refractivity contribution in [2.24, 2.45) is 4.99 Å². The number of hydrogen-bond acceptors (Lipinski definition) is 2. The molecule has 1 fully saturated rings. The molecule has 5 nitrogen and oxygen atoms in total. The Bertz CT molecular complexity index is 906. The molecule has 0 radical (unpaired) electrons. The van der Waals surface area contributed by atoms with E-state index in [2.05, 4.69) is 54.8 Å². The van der Waals surface area contributed by atoms with Crippen molar-refractivity contribution in [3.05, 3.63) is 70.8 Å². The molecule has 31 heavy (non-hydrogen) atoms. The van der Waals surface area contributed by atoms with Gasteiger partial charge in [0.1, 0.15) is 0 Å². The SMILES string of the molecule is CCNC(=NCC1(c2ccccc2C)CC1)NCCc1cccc(C(=O)N(C)C)c1.I. The summed E-state index contributed by atoms with van der Waals surface area (Å²) in [6, 6.07) is 16.5. The van der Waals surface area contributed by atoms with Gasteiger partial charge in [0, 0.05) is 38.2 Å². The zero-order valence-corrected chi connectivity index (χ0v) is 21.4. The van der Waals surface area contributed by atoms with E-state index in [4.69, 9.17) is 4.99 Å². The van der Waals surface area contributed by atoms with Gasteiger partial charge >= 0.3 is 0 Å². The minimum atomic E-state index is 0. The third-order valence-electron chi connectivity index (χ3n) is 5.74. The van der Waals surface area contributed by atoms with Gasteiger partial charge in [-0.05, 0) is 61.9 Å². The summed E-state index contributed by atoms with van der Waals surface area (Å²) in [5.74, 6) is 0.892. The average molecular weight is 534 g/mol. The van der Waals surface area contributed by atoms with Gasteiger partial charge < -0.3 is 15.5 Å². The molecule has 2 aromatic carbocycles. The molecule has 2 aromatic rings. The zero-order valence-electron chi connectivity index (χ0n) is 19.1. The fourth-order valence-corrected chi connectivity index (χ4v) is 3.85. The Kier molecular flexibility index (Phi) is 9.34. The molecule has 6 heteroatoms. The molecule has 0 unspecified atom stereocenters. The Morgan fingerprint density at radius 1 is 1.10 bits per heavy atom. The van der Waals surface area contributed by atoms with Gasteiger partial charge in [-0.1, -0.05) is 36.4 Å². The largest absolute Gasteiger partial charge is 0.357 e. The second-order valence-corrected chi connectivity index (χ2v) is 8.37. The number of rotatable bonds is 8. The van der Waals surface area contributed by atoms with E-state index in [-0.39, 0.29) is 35.3 Å². The number of carbonyl (C=O) groups is 1. The maximum Gasteiger partial charge on any atom is 0.253 e. The van der Waals surface area contributed by atoms with Gasteiger partial charge in [-0.15, -0.1) is 24.0 Å². The number of halogens is 1. The normalized spacial score (nSPS) is 14.4. The van der Waals surface area contributed by atoms with Crippen LogP contribution in [0.3, 0.4) is 0 Å². The Hall–Kier alpha value is -2.09. The van der Waals surface area contributed by atoms with Gasteiger partial charge in [0.15, 0.2) is 5.96 Å². The molecule has 0 aromatic heterocycles. The van der Waals surface area contributed by atoms with Crippen LogP contribution >= 0.6 is 24.0 Å². The second kappa shape index (κ2) is 11.5. The van der Waals surface area contributed by atoms with Crippen LogP contribution in [0.15, 0.2) is 53.5 Å². The lowest BCUT2D eigenvalue weighted by atomic mass is 9.92. The molecule has 0 aliphatic heterocycles. The first-order valence-electron chi connectivity index (χ1n) is 10.8. The number of hydrogen-bond donors (Lipinski definition) is 2. The summed E-state index contributed by atoms with van der Waals surface area (Å²) in [7, 11) is 3.55. The highest BCUT2D eigenvalue weighted by Gasteiger charge is 2.44. The summed E-state index contributed by atoms with van der Waals surface area (Å²) in [5.41, 5.74) is 4.87. The van der Waals surface area contributed by atoms with E-state index in [1.165, 1.54) is 24.0 Å². The molecule has 1 aliphatic rings. The van der Waals surface area contributed by atoms with E-state index >= 15 is 0 Å². The molecule has 0 bridgehead atoms. The van der Waals surface area contributed by atoms with Crippen molar-refractivity contribution in [1.29, 1.82) is 0 Å². The average Bonchev–Trinajstić information content (AvgIpc) is 3.53. The van der Waals surface area contributed by atoms with Crippen molar-refractivity contribution < 1.29 is 4.79 Å². The van der Waals surface area contributed by atoms with Crippen molar-refractivity contribution in [3.8, 4) is 0 Å². The molecule has 3 rings (SSSR count). The molecule has 0 saturated heterocycles. The highest BCUT2D eigenvalue weighted by atomic mass is 127. The van der Waals surface area contributed by atoms with Gasteiger partial charge in [0.25, 0.3) is 5.91 Å². The van der Waals surface area contributed by atoms with Crippen LogP contribution < -0.4 is 10.6 Å². The van der Waals surface area contributed by atoms with Crippen LogP contribution in [0.25, 0.3) is 0 Å². The molecule has 168 valence electrons. The number of nitrogens with zero attached hydrogens (tertiary/aromatic N) is 2. The topological polar surface area (TPSA) is 56.7 Å². The summed E-state index contributed by atoms with van der Waals surface area (Å²) in [5, 5.41) is 6.81. The molecule has 1 aliphatic carbocycles. The zero-order chi connectivity index (χ0) is 21.6. The first kappa shape index (κ1) is 25.2. The number of aryl methyl sites for hydroxylation is 1. The van der Waals surface area contributed by atoms with E-state index in [0.29, 0.717) is 0 Å². The molecule has 1 amide bonds. The van der Waals surface area contributed by atoms with E-state index < -0.39 is 0 Å². The van der Waals surface area contributed by atoms with Crippen molar-refractivity contribution in [1.82, 2.24) is 15.5 Å². The van der Waals surface area contributed by atoms with Crippen LogP contribution in [0.1, 0.15) is 46.8 Å². The van der Waals surface area contributed by atoms with Crippen LogP contribution in [0, 0.1) is 6.92 Å². The molecule has 2 N–H and O–H groups in total. The Morgan fingerprint density at radius 2 is 1.84 bits per heavy atom. The minimum absolute atomic E-state index is 0.